The first kappa shape index (κ1) is 14.7. The lowest BCUT2D eigenvalue weighted by Gasteiger charge is -2.23. The van der Waals surface area contributed by atoms with E-state index in [-0.39, 0.29) is 35.9 Å². The molecule has 4 nitrogen and oxygen atoms in total. The Bertz CT molecular complexity index is 236. The van der Waals surface area contributed by atoms with Crippen LogP contribution in [0.25, 0.3) is 0 Å². The molecule has 1 fully saturated rings. The van der Waals surface area contributed by atoms with Crippen molar-refractivity contribution in [2.24, 2.45) is 11.7 Å². The molecule has 0 aromatic carbocycles. The highest BCUT2D eigenvalue weighted by Gasteiger charge is 2.26. The van der Waals surface area contributed by atoms with E-state index in [0.29, 0.717) is 6.42 Å². The largest absolute Gasteiger partial charge is 0.356 e. The van der Waals surface area contributed by atoms with Gasteiger partial charge in [0.05, 0.1) is 11.9 Å². The van der Waals surface area contributed by atoms with E-state index < -0.39 is 6.04 Å². The number of nitrogens with two attached hydrogens (primary N) is 1. The second-order valence-electron chi connectivity index (χ2n) is 3.57. The van der Waals surface area contributed by atoms with Crippen LogP contribution in [0, 0.1) is 5.92 Å². The van der Waals surface area contributed by atoms with E-state index in [0.717, 1.165) is 19.4 Å². The number of carbonyl (C=O) groups is 2. The summed E-state index contributed by atoms with van der Waals surface area (Å²) in [6, 6.07) is -0.596. The standard InChI is InChI=1S/C9H15ClN2O2.ClH/c10-5-8(13)7(11)4-6-2-1-3-12-9(6)14;/h6-7H,1-5,11H2,(H,12,14);1H/t6-,7-;/m0./s1. The molecule has 0 aromatic rings. The van der Waals surface area contributed by atoms with Gasteiger partial charge >= 0.3 is 0 Å². The molecule has 0 saturated carbocycles. The maximum Gasteiger partial charge on any atom is 0.223 e. The highest BCUT2D eigenvalue weighted by atomic mass is 35.5. The summed E-state index contributed by atoms with van der Waals surface area (Å²) in [7, 11) is 0. The average Bonchev–Trinajstić information content (AvgIpc) is 2.20. The summed E-state index contributed by atoms with van der Waals surface area (Å²) in [5, 5.41) is 2.76. The minimum atomic E-state index is -0.596. The van der Waals surface area contributed by atoms with Crippen LogP contribution in [0.1, 0.15) is 19.3 Å². The lowest BCUT2D eigenvalue weighted by molar-refractivity contribution is -0.127. The van der Waals surface area contributed by atoms with Gasteiger partial charge in [-0.3, -0.25) is 9.59 Å². The Balaban J connectivity index is 0.00000196. The van der Waals surface area contributed by atoms with Gasteiger partial charge in [-0.25, -0.2) is 0 Å². The second kappa shape index (κ2) is 7.04. The van der Waals surface area contributed by atoms with Crippen LogP contribution in [0.5, 0.6) is 0 Å². The van der Waals surface area contributed by atoms with E-state index in [1.54, 1.807) is 0 Å². The predicted molar refractivity (Wildman–Crippen MR) is 61.3 cm³/mol. The lowest BCUT2D eigenvalue weighted by atomic mass is 9.91. The van der Waals surface area contributed by atoms with Gasteiger partial charge in [0.25, 0.3) is 0 Å². The van der Waals surface area contributed by atoms with Gasteiger partial charge in [0, 0.05) is 12.5 Å². The van der Waals surface area contributed by atoms with Crippen molar-refractivity contribution in [2.75, 3.05) is 12.4 Å². The van der Waals surface area contributed by atoms with Crippen molar-refractivity contribution < 1.29 is 9.59 Å². The molecule has 2 atom stereocenters. The third kappa shape index (κ3) is 4.36. The smallest absolute Gasteiger partial charge is 0.223 e. The Morgan fingerprint density at radius 3 is 2.87 bits per heavy atom. The van der Waals surface area contributed by atoms with Crippen LogP contribution in [0.3, 0.4) is 0 Å². The molecule has 0 radical (unpaired) electrons. The van der Waals surface area contributed by atoms with E-state index in [1.165, 1.54) is 0 Å². The highest BCUT2D eigenvalue weighted by Crippen LogP contribution is 2.16. The first-order valence-corrected chi connectivity index (χ1v) is 5.30. The molecular weight excluding hydrogens is 239 g/mol. The van der Waals surface area contributed by atoms with Crippen molar-refractivity contribution in [2.45, 2.75) is 25.3 Å². The third-order valence-electron chi connectivity index (χ3n) is 2.48. The number of halogens is 2. The topological polar surface area (TPSA) is 72.2 Å². The molecule has 0 spiro atoms. The summed E-state index contributed by atoms with van der Waals surface area (Å²) in [4.78, 5) is 22.4. The number of nitrogens with one attached hydrogen (secondary N) is 1. The van der Waals surface area contributed by atoms with E-state index >= 15 is 0 Å². The lowest BCUT2D eigenvalue weighted by Crippen LogP contribution is -2.42. The Kier molecular flexibility index (Phi) is 6.89. The minimum absolute atomic E-state index is 0. The van der Waals surface area contributed by atoms with Gasteiger partial charge in [-0.2, -0.15) is 0 Å². The maximum absolute atomic E-state index is 11.3. The van der Waals surface area contributed by atoms with Gasteiger partial charge in [0.2, 0.25) is 5.91 Å². The van der Waals surface area contributed by atoms with Crippen LogP contribution in [-0.2, 0) is 9.59 Å². The first-order chi connectivity index (χ1) is 6.65. The number of piperidine rings is 1. The summed E-state index contributed by atoms with van der Waals surface area (Å²) in [5.74, 6) is -0.375. The fourth-order valence-corrected chi connectivity index (χ4v) is 1.80. The molecular formula is C9H16Cl2N2O2. The van der Waals surface area contributed by atoms with Crippen LogP contribution < -0.4 is 11.1 Å². The number of hydrogen-bond acceptors (Lipinski definition) is 3. The number of alkyl halides is 1. The summed E-state index contributed by atoms with van der Waals surface area (Å²) >= 11 is 5.37. The zero-order valence-electron chi connectivity index (χ0n) is 8.37. The predicted octanol–water partition coefficient (Wildman–Crippen LogP) is 0.460. The van der Waals surface area contributed by atoms with Crippen LogP contribution in [0.15, 0.2) is 0 Å². The second-order valence-corrected chi connectivity index (χ2v) is 3.84. The van der Waals surface area contributed by atoms with Crippen molar-refractivity contribution in [1.29, 1.82) is 0 Å². The summed E-state index contributed by atoms with van der Waals surface area (Å²) in [6.07, 6.45) is 2.19. The third-order valence-corrected chi connectivity index (χ3v) is 2.75. The van der Waals surface area contributed by atoms with Gasteiger partial charge in [0.15, 0.2) is 5.78 Å². The first-order valence-electron chi connectivity index (χ1n) is 4.77. The molecule has 1 saturated heterocycles. The molecule has 15 heavy (non-hydrogen) atoms. The van der Waals surface area contributed by atoms with Gasteiger partial charge in [0.1, 0.15) is 0 Å². The minimum Gasteiger partial charge on any atom is -0.356 e. The molecule has 1 rings (SSSR count). The van der Waals surface area contributed by atoms with Crippen molar-refractivity contribution in [3.63, 3.8) is 0 Å². The van der Waals surface area contributed by atoms with Gasteiger partial charge < -0.3 is 11.1 Å². The quantitative estimate of drug-likeness (QED) is 0.717. The van der Waals surface area contributed by atoms with Gasteiger partial charge in [-0.1, -0.05) is 0 Å². The van der Waals surface area contributed by atoms with Crippen molar-refractivity contribution in [3.05, 3.63) is 0 Å². The van der Waals surface area contributed by atoms with Crippen molar-refractivity contribution in [3.8, 4) is 0 Å². The van der Waals surface area contributed by atoms with Crippen molar-refractivity contribution in [1.82, 2.24) is 5.32 Å². The zero-order chi connectivity index (χ0) is 10.6. The average molecular weight is 255 g/mol. The molecule has 0 bridgehead atoms. The van der Waals surface area contributed by atoms with E-state index in [4.69, 9.17) is 17.3 Å². The van der Waals surface area contributed by atoms with Crippen molar-refractivity contribution >= 4 is 35.7 Å². The highest BCUT2D eigenvalue weighted by molar-refractivity contribution is 6.28. The fraction of sp³-hybridized carbons (Fsp3) is 0.778. The number of Topliss-reactive ketones (excluding diaryl/α,β-unsaturated/α-hetero) is 1. The molecule has 1 aliphatic heterocycles. The zero-order valence-corrected chi connectivity index (χ0v) is 9.94. The molecule has 1 aliphatic rings. The molecule has 0 unspecified atom stereocenters. The summed E-state index contributed by atoms with van der Waals surface area (Å²) < 4.78 is 0. The SMILES string of the molecule is Cl.N[C@@H](C[C@@H]1CCCNC1=O)C(=O)CCl. The van der Waals surface area contributed by atoms with Crippen LogP contribution >= 0.6 is 24.0 Å². The maximum atomic E-state index is 11.3. The molecule has 0 aliphatic carbocycles. The van der Waals surface area contributed by atoms with Crippen LogP contribution in [0.2, 0.25) is 0 Å². The van der Waals surface area contributed by atoms with E-state index in [9.17, 15) is 9.59 Å². The normalized spacial score (nSPS) is 22.5. The number of rotatable bonds is 4. The van der Waals surface area contributed by atoms with Crippen LogP contribution in [0.4, 0.5) is 0 Å². The van der Waals surface area contributed by atoms with Crippen LogP contribution in [-0.4, -0.2) is 30.2 Å². The molecule has 88 valence electrons. The molecule has 1 amide bonds. The Morgan fingerprint density at radius 2 is 2.33 bits per heavy atom. The number of amides is 1. The molecule has 1 heterocycles. The van der Waals surface area contributed by atoms with Gasteiger partial charge in [-0.05, 0) is 19.3 Å². The van der Waals surface area contributed by atoms with E-state index in [1.807, 2.05) is 0 Å². The fourth-order valence-electron chi connectivity index (χ4n) is 1.60. The Morgan fingerprint density at radius 1 is 1.67 bits per heavy atom. The molecule has 3 N–H and O–H groups in total. The van der Waals surface area contributed by atoms with E-state index in [2.05, 4.69) is 5.32 Å². The summed E-state index contributed by atoms with van der Waals surface area (Å²) in [6.45, 7) is 0.730. The number of hydrogen-bond donors (Lipinski definition) is 2. The monoisotopic (exact) mass is 254 g/mol. The number of ketones is 1. The Hall–Kier alpha value is -0.320. The number of carbonyl (C=O) groups excluding carboxylic acids is 2. The summed E-state index contributed by atoms with van der Waals surface area (Å²) in [5.41, 5.74) is 5.61. The Labute approximate surface area is 100 Å². The molecule has 6 heteroatoms. The molecule has 0 aromatic heterocycles. The van der Waals surface area contributed by atoms with Gasteiger partial charge in [-0.15, -0.1) is 24.0 Å².